The lowest BCUT2D eigenvalue weighted by molar-refractivity contribution is 0.273. The Balaban J connectivity index is 1.93. The van der Waals surface area contributed by atoms with E-state index in [1.165, 1.54) is 11.3 Å². The zero-order valence-corrected chi connectivity index (χ0v) is 11.8. The lowest BCUT2D eigenvalue weighted by atomic mass is 9.72. The highest BCUT2D eigenvalue weighted by molar-refractivity contribution is 7.09. The van der Waals surface area contributed by atoms with Crippen LogP contribution >= 0.6 is 22.9 Å². The van der Waals surface area contributed by atoms with Gasteiger partial charge in [-0.15, -0.1) is 11.3 Å². The first kappa shape index (κ1) is 12.2. The van der Waals surface area contributed by atoms with Crippen LogP contribution in [-0.2, 0) is 11.8 Å². The summed E-state index contributed by atoms with van der Waals surface area (Å²) in [5.74, 6) is 0. The van der Waals surface area contributed by atoms with Crippen molar-refractivity contribution in [3.05, 3.63) is 50.9 Å². The van der Waals surface area contributed by atoms with Crippen LogP contribution in [0.1, 0.15) is 16.3 Å². The quantitative estimate of drug-likeness (QED) is 0.933. The molecule has 0 spiro atoms. The van der Waals surface area contributed by atoms with Crippen molar-refractivity contribution in [2.24, 2.45) is 0 Å². The summed E-state index contributed by atoms with van der Waals surface area (Å²) in [6.07, 6.45) is 0.966. The highest BCUT2D eigenvalue weighted by Crippen LogP contribution is 2.36. The summed E-state index contributed by atoms with van der Waals surface area (Å²) in [6.45, 7) is 4.01. The third kappa shape index (κ3) is 2.07. The third-order valence-electron chi connectivity index (χ3n) is 3.56. The molecule has 0 atom stereocenters. The van der Waals surface area contributed by atoms with Gasteiger partial charge in [-0.05, 0) is 18.6 Å². The molecule has 1 aromatic heterocycles. The summed E-state index contributed by atoms with van der Waals surface area (Å²) in [4.78, 5) is 4.58. The normalized spacial score (nSPS) is 17.4. The fourth-order valence-electron chi connectivity index (χ4n) is 2.56. The largest absolute Gasteiger partial charge is 0.315 e. The van der Waals surface area contributed by atoms with Crippen LogP contribution in [0, 0.1) is 6.92 Å². The molecule has 1 aliphatic rings. The molecular formula is C14H15ClN2S. The number of aryl methyl sites for hydroxylation is 1. The molecule has 0 bridgehead atoms. The Hall–Kier alpha value is -0.900. The predicted molar refractivity (Wildman–Crippen MR) is 76.6 cm³/mol. The average Bonchev–Trinajstić information content (AvgIpc) is 2.71. The van der Waals surface area contributed by atoms with E-state index in [4.69, 9.17) is 11.6 Å². The molecule has 4 heteroatoms. The number of benzene rings is 1. The van der Waals surface area contributed by atoms with Crippen LogP contribution in [0.4, 0.5) is 0 Å². The van der Waals surface area contributed by atoms with E-state index in [0.717, 1.165) is 29.5 Å². The number of hydrogen-bond acceptors (Lipinski definition) is 3. The Labute approximate surface area is 116 Å². The monoisotopic (exact) mass is 278 g/mol. The fraction of sp³-hybridized carbons (Fsp3) is 0.357. The number of nitrogens with one attached hydrogen (secondary N) is 1. The molecule has 0 radical (unpaired) electrons. The molecule has 0 unspecified atom stereocenters. The van der Waals surface area contributed by atoms with E-state index < -0.39 is 0 Å². The highest BCUT2D eigenvalue weighted by atomic mass is 35.5. The van der Waals surface area contributed by atoms with Crippen LogP contribution in [0.15, 0.2) is 29.6 Å². The van der Waals surface area contributed by atoms with Gasteiger partial charge in [-0.1, -0.05) is 29.8 Å². The van der Waals surface area contributed by atoms with Gasteiger partial charge in [-0.2, -0.15) is 0 Å². The first-order valence-electron chi connectivity index (χ1n) is 6.06. The van der Waals surface area contributed by atoms with Crippen LogP contribution in [-0.4, -0.2) is 18.1 Å². The van der Waals surface area contributed by atoms with E-state index >= 15 is 0 Å². The Morgan fingerprint density at radius 3 is 2.72 bits per heavy atom. The smallest absolute Gasteiger partial charge is 0.0897 e. The maximum atomic E-state index is 6.35. The molecule has 0 amide bonds. The summed E-state index contributed by atoms with van der Waals surface area (Å²) in [6, 6.07) is 8.16. The number of halogens is 1. The molecular weight excluding hydrogens is 264 g/mol. The molecule has 1 N–H and O–H groups in total. The molecule has 1 fully saturated rings. The van der Waals surface area contributed by atoms with Crippen molar-refractivity contribution in [1.82, 2.24) is 10.3 Å². The zero-order valence-electron chi connectivity index (χ0n) is 10.2. The van der Waals surface area contributed by atoms with Gasteiger partial charge in [-0.25, -0.2) is 4.98 Å². The Morgan fingerprint density at radius 1 is 1.39 bits per heavy atom. The number of thiazole rings is 1. The van der Waals surface area contributed by atoms with Gasteiger partial charge >= 0.3 is 0 Å². The van der Waals surface area contributed by atoms with Crippen LogP contribution in [0.2, 0.25) is 5.02 Å². The van der Waals surface area contributed by atoms with E-state index in [2.05, 4.69) is 34.7 Å². The van der Waals surface area contributed by atoms with Crippen molar-refractivity contribution in [2.75, 3.05) is 13.1 Å². The van der Waals surface area contributed by atoms with Crippen molar-refractivity contribution in [3.63, 3.8) is 0 Å². The predicted octanol–water partition coefficient (Wildman–Crippen LogP) is 3.19. The van der Waals surface area contributed by atoms with E-state index in [9.17, 15) is 0 Å². The van der Waals surface area contributed by atoms with Crippen LogP contribution in [0.3, 0.4) is 0 Å². The number of hydrogen-bond donors (Lipinski definition) is 1. The summed E-state index contributed by atoms with van der Waals surface area (Å²) in [7, 11) is 0. The Bertz CT molecular complexity index is 560. The fourth-order valence-corrected chi connectivity index (χ4v) is 3.51. The second kappa shape index (κ2) is 4.65. The molecule has 1 aliphatic heterocycles. The van der Waals surface area contributed by atoms with Crippen LogP contribution in [0.25, 0.3) is 0 Å². The molecule has 0 saturated carbocycles. The van der Waals surface area contributed by atoms with Crippen molar-refractivity contribution in [2.45, 2.75) is 18.8 Å². The molecule has 1 saturated heterocycles. The molecule has 0 aliphatic carbocycles. The maximum absolute atomic E-state index is 6.35. The van der Waals surface area contributed by atoms with E-state index in [-0.39, 0.29) is 5.41 Å². The van der Waals surface area contributed by atoms with Crippen molar-refractivity contribution < 1.29 is 0 Å². The third-order valence-corrected chi connectivity index (χ3v) is 4.71. The number of aromatic nitrogens is 1. The van der Waals surface area contributed by atoms with Crippen molar-refractivity contribution >= 4 is 22.9 Å². The van der Waals surface area contributed by atoms with Gasteiger partial charge in [0.25, 0.3) is 0 Å². The SMILES string of the molecule is Cc1nc(CC2(c3ccccc3Cl)CNC2)cs1. The summed E-state index contributed by atoms with van der Waals surface area (Å²) >= 11 is 8.06. The van der Waals surface area contributed by atoms with E-state index in [0.29, 0.717) is 0 Å². The lowest BCUT2D eigenvalue weighted by Crippen LogP contribution is -2.58. The van der Waals surface area contributed by atoms with Crippen LogP contribution in [0.5, 0.6) is 0 Å². The molecule has 18 heavy (non-hydrogen) atoms. The zero-order chi connectivity index (χ0) is 12.6. The van der Waals surface area contributed by atoms with Gasteiger partial charge in [0.05, 0.1) is 10.7 Å². The van der Waals surface area contributed by atoms with Gasteiger partial charge in [0, 0.05) is 35.3 Å². The van der Waals surface area contributed by atoms with Gasteiger partial charge in [0.2, 0.25) is 0 Å². The van der Waals surface area contributed by atoms with E-state index in [1.54, 1.807) is 11.3 Å². The minimum atomic E-state index is 0.124. The second-order valence-corrected chi connectivity index (χ2v) is 6.37. The maximum Gasteiger partial charge on any atom is 0.0897 e. The molecule has 3 rings (SSSR count). The average molecular weight is 279 g/mol. The van der Waals surface area contributed by atoms with Gasteiger partial charge in [0.1, 0.15) is 0 Å². The highest BCUT2D eigenvalue weighted by Gasteiger charge is 2.40. The molecule has 1 aromatic carbocycles. The Kier molecular flexibility index (Phi) is 3.14. The summed E-state index contributed by atoms with van der Waals surface area (Å²) in [5, 5.41) is 7.53. The van der Waals surface area contributed by atoms with Gasteiger partial charge in [-0.3, -0.25) is 0 Å². The minimum Gasteiger partial charge on any atom is -0.315 e. The standard InChI is InChI=1S/C14H15ClN2S/c1-10-17-11(7-18-10)6-14(8-16-9-14)12-4-2-3-5-13(12)15/h2-5,7,16H,6,8-9H2,1H3. The van der Waals surface area contributed by atoms with Crippen molar-refractivity contribution in [1.29, 1.82) is 0 Å². The molecule has 94 valence electrons. The topological polar surface area (TPSA) is 24.9 Å². The van der Waals surface area contributed by atoms with Crippen LogP contribution < -0.4 is 5.32 Å². The number of nitrogens with zero attached hydrogens (tertiary/aromatic N) is 1. The molecule has 2 nitrogen and oxygen atoms in total. The summed E-state index contributed by atoms with van der Waals surface area (Å²) < 4.78 is 0. The second-order valence-electron chi connectivity index (χ2n) is 4.90. The number of rotatable bonds is 3. The van der Waals surface area contributed by atoms with E-state index in [1.807, 2.05) is 12.1 Å². The Morgan fingerprint density at radius 2 is 2.17 bits per heavy atom. The molecule has 2 aromatic rings. The minimum absolute atomic E-state index is 0.124. The first-order chi connectivity index (χ1) is 8.70. The summed E-state index contributed by atoms with van der Waals surface area (Å²) in [5.41, 5.74) is 2.55. The lowest BCUT2D eigenvalue weighted by Gasteiger charge is -2.43. The van der Waals surface area contributed by atoms with Gasteiger partial charge in [0.15, 0.2) is 0 Å². The van der Waals surface area contributed by atoms with Gasteiger partial charge < -0.3 is 5.32 Å². The first-order valence-corrected chi connectivity index (χ1v) is 7.32. The van der Waals surface area contributed by atoms with Crippen molar-refractivity contribution in [3.8, 4) is 0 Å². The molecule has 2 heterocycles.